The zero-order valence-corrected chi connectivity index (χ0v) is 11.5. The first-order valence-corrected chi connectivity index (χ1v) is 6.21. The van der Waals surface area contributed by atoms with E-state index in [4.69, 9.17) is 4.74 Å². The molecule has 0 spiro atoms. The highest BCUT2D eigenvalue weighted by molar-refractivity contribution is 5.42. The van der Waals surface area contributed by atoms with Crippen LogP contribution in [0.25, 0.3) is 0 Å². The van der Waals surface area contributed by atoms with E-state index in [-0.39, 0.29) is 17.3 Å². The van der Waals surface area contributed by atoms with Crippen LogP contribution in [0.1, 0.15) is 12.7 Å². The zero-order chi connectivity index (χ0) is 15.4. The first-order valence-electron chi connectivity index (χ1n) is 6.21. The molecule has 1 N–H and O–H groups in total. The quantitative estimate of drug-likeness (QED) is 0.673. The van der Waals surface area contributed by atoms with Crippen molar-refractivity contribution >= 4 is 11.5 Å². The fraction of sp³-hybridized carbons (Fsp3) is 0.231. The average molecular weight is 292 g/mol. The molecule has 0 aliphatic heterocycles. The summed E-state index contributed by atoms with van der Waals surface area (Å²) in [6.45, 7) is 1.88. The van der Waals surface area contributed by atoms with Gasteiger partial charge >= 0.3 is 0 Å². The summed E-state index contributed by atoms with van der Waals surface area (Å²) < 4.78 is 19.1. The summed E-state index contributed by atoms with van der Waals surface area (Å²) in [4.78, 5) is 18.2. The van der Waals surface area contributed by atoms with E-state index >= 15 is 0 Å². The van der Waals surface area contributed by atoms with Crippen molar-refractivity contribution in [3.8, 4) is 11.6 Å². The first kappa shape index (κ1) is 14.6. The van der Waals surface area contributed by atoms with E-state index in [2.05, 4.69) is 15.3 Å². The summed E-state index contributed by atoms with van der Waals surface area (Å²) in [5.74, 6) is 0.285. The number of non-ortho nitro benzene ring substituents is 1. The monoisotopic (exact) mass is 292 g/mol. The Morgan fingerprint density at radius 3 is 2.71 bits per heavy atom. The molecule has 1 heterocycles. The van der Waals surface area contributed by atoms with Crippen molar-refractivity contribution < 1.29 is 14.1 Å². The number of ether oxygens (including phenoxy) is 1. The predicted octanol–water partition coefficient (Wildman–Crippen LogP) is 2.92. The molecule has 0 bridgehead atoms. The molecule has 2 rings (SSSR count). The van der Waals surface area contributed by atoms with E-state index in [1.54, 1.807) is 7.05 Å². The number of nitro benzene ring substituents is 1. The molecule has 0 unspecified atom stereocenters. The maximum atomic E-state index is 13.8. The van der Waals surface area contributed by atoms with Crippen LogP contribution in [0.4, 0.5) is 15.9 Å². The molecule has 7 nitrogen and oxygen atoms in total. The molecule has 0 amide bonds. The second kappa shape index (κ2) is 6.12. The van der Waals surface area contributed by atoms with Gasteiger partial charge in [-0.1, -0.05) is 6.92 Å². The van der Waals surface area contributed by atoms with Crippen molar-refractivity contribution in [1.82, 2.24) is 9.97 Å². The Kier molecular flexibility index (Phi) is 4.27. The van der Waals surface area contributed by atoms with E-state index in [1.165, 1.54) is 18.2 Å². The number of hydrogen-bond acceptors (Lipinski definition) is 6. The van der Waals surface area contributed by atoms with Crippen molar-refractivity contribution in [3.05, 3.63) is 46.0 Å². The molecule has 21 heavy (non-hydrogen) atoms. The van der Waals surface area contributed by atoms with Gasteiger partial charge in [-0.3, -0.25) is 10.1 Å². The molecule has 0 saturated carbocycles. The molecule has 0 saturated heterocycles. The number of hydrogen-bond donors (Lipinski definition) is 1. The minimum atomic E-state index is -0.827. The Morgan fingerprint density at radius 2 is 2.14 bits per heavy atom. The van der Waals surface area contributed by atoms with E-state index in [0.717, 1.165) is 6.07 Å². The number of nitrogens with zero attached hydrogens (tertiary/aromatic N) is 3. The van der Waals surface area contributed by atoms with Crippen LogP contribution in [-0.2, 0) is 6.42 Å². The van der Waals surface area contributed by atoms with Gasteiger partial charge in [0.2, 0.25) is 5.88 Å². The van der Waals surface area contributed by atoms with E-state index in [9.17, 15) is 14.5 Å². The molecular weight excluding hydrogens is 279 g/mol. The van der Waals surface area contributed by atoms with Gasteiger partial charge in [-0.2, -0.15) is 4.98 Å². The molecule has 0 atom stereocenters. The highest BCUT2D eigenvalue weighted by Crippen LogP contribution is 2.27. The van der Waals surface area contributed by atoms with E-state index < -0.39 is 10.7 Å². The molecule has 0 aliphatic rings. The van der Waals surface area contributed by atoms with Gasteiger partial charge in [-0.05, 0) is 6.07 Å². The SMILES string of the molecule is CCc1nc(NC)cc(Oc2ccc([N+](=O)[O-])cc2F)n1. The minimum absolute atomic E-state index is 0.136. The van der Waals surface area contributed by atoms with Crippen LogP contribution in [0.2, 0.25) is 0 Å². The number of rotatable bonds is 5. The highest BCUT2D eigenvalue weighted by Gasteiger charge is 2.13. The molecule has 1 aromatic carbocycles. The van der Waals surface area contributed by atoms with Gasteiger partial charge in [0.15, 0.2) is 11.6 Å². The lowest BCUT2D eigenvalue weighted by Crippen LogP contribution is -2.01. The maximum absolute atomic E-state index is 13.8. The molecule has 0 fully saturated rings. The van der Waals surface area contributed by atoms with Crippen LogP contribution in [0.5, 0.6) is 11.6 Å². The van der Waals surface area contributed by atoms with E-state index in [1.807, 2.05) is 6.92 Å². The first-order chi connectivity index (χ1) is 10.0. The van der Waals surface area contributed by atoms with Gasteiger partial charge in [0, 0.05) is 25.6 Å². The van der Waals surface area contributed by atoms with Crippen molar-refractivity contribution in [2.24, 2.45) is 0 Å². The molecule has 8 heteroatoms. The summed E-state index contributed by atoms with van der Waals surface area (Å²) in [5.41, 5.74) is -0.340. The average Bonchev–Trinajstić information content (AvgIpc) is 2.48. The molecular formula is C13H13FN4O3. The number of aryl methyl sites for hydroxylation is 1. The predicted molar refractivity (Wildman–Crippen MR) is 74.1 cm³/mol. The maximum Gasteiger partial charge on any atom is 0.272 e. The zero-order valence-electron chi connectivity index (χ0n) is 11.5. The molecule has 2 aromatic rings. The largest absolute Gasteiger partial charge is 0.436 e. The van der Waals surface area contributed by atoms with Crippen LogP contribution in [-0.4, -0.2) is 21.9 Å². The number of anilines is 1. The van der Waals surface area contributed by atoms with Gasteiger partial charge in [0.1, 0.15) is 11.6 Å². The Hall–Kier alpha value is -2.77. The number of aromatic nitrogens is 2. The number of nitrogens with one attached hydrogen (secondary N) is 1. The lowest BCUT2D eigenvalue weighted by Gasteiger charge is -2.08. The molecule has 110 valence electrons. The van der Waals surface area contributed by atoms with Crippen molar-refractivity contribution in [2.45, 2.75) is 13.3 Å². The van der Waals surface area contributed by atoms with Crippen LogP contribution < -0.4 is 10.1 Å². The van der Waals surface area contributed by atoms with Crippen molar-refractivity contribution in [1.29, 1.82) is 0 Å². The smallest absolute Gasteiger partial charge is 0.272 e. The van der Waals surface area contributed by atoms with Gasteiger partial charge in [-0.25, -0.2) is 9.37 Å². The van der Waals surface area contributed by atoms with Gasteiger partial charge in [0.05, 0.1) is 11.0 Å². The fourth-order valence-corrected chi connectivity index (χ4v) is 1.61. The molecule has 0 aliphatic carbocycles. The third-order valence-electron chi connectivity index (χ3n) is 2.66. The third-order valence-corrected chi connectivity index (χ3v) is 2.66. The number of nitro groups is 1. The second-order valence-electron chi connectivity index (χ2n) is 4.09. The fourth-order valence-electron chi connectivity index (χ4n) is 1.61. The molecule has 0 radical (unpaired) electrons. The van der Waals surface area contributed by atoms with Crippen LogP contribution in [0, 0.1) is 15.9 Å². The number of halogens is 1. The van der Waals surface area contributed by atoms with Crippen molar-refractivity contribution in [3.63, 3.8) is 0 Å². The van der Waals surface area contributed by atoms with Gasteiger partial charge in [-0.15, -0.1) is 0 Å². The summed E-state index contributed by atoms with van der Waals surface area (Å²) in [6.07, 6.45) is 0.592. The van der Waals surface area contributed by atoms with Crippen LogP contribution >= 0.6 is 0 Å². The van der Waals surface area contributed by atoms with Crippen LogP contribution in [0.3, 0.4) is 0 Å². The Morgan fingerprint density at radius 1 is 1.38 bits per heavy atom. The third kappa shape index (κ3) is 3.41. The van der Waals surface area contributed by atoms with E-state index in [0.29, 0.717) is 18.1 Å². The van der Waals surface area contributed by atoms with Crippen LogP contribution in [0.15, 0.2) is 24.3 Å². The Labute approximate surface area is 120 Å². The Balaban J connectivity index is 2.31. The standard InChI is InChI=1S/C13H13FN4O3/c1-3-11-16-12(15-2)7-13(17-11)21-10-5-4-8(18(19)20)6-9(10)14/h4-7H,3H2,1-2H3,(H,15,16,17). The summed E-state index contributed by atoms with van der Waals surface area (Å²) >= 11 is 0. The van der Waals surface area contributed by atoms with Gasteiger partial charge in [0.25, 0.3) is 5.69 Å². The number of benzene rings is 1. The molecule has 1 aromatic heterocycles. The Bertz CT molecular complexity index is 656. The summed E-state index contributed by atoms with van der Waals surface area (Å²) in [7, 11) is 1.69. The lowest BCUT2D eigenvalue weighted by molar-refractivity contribution is -0.385. The normalized spacial score (nSPS) is 10.2. The lowest BCUT2D eigenvalue weighted by atomic mass is 10.3. The van der Waals surface area contributed by atoms with Crippen molar-refractivity contribution in [2.75, 3.05) is 12.4 Å². The second-order valence-corrected chi connectivity index (χ2v) is 4.09. The topological polar surface area (TPSA) is 90.2 Å². The summed E-state index contributed by atoms with van der Waals surface area (Å²) in [6, 6.07) is 4.68. The highest BCUT2D eigenvalue weighted by atomic mass is 19.1. The minimum Gasteiger partial charge on any atom is -0.436 e. The summed E-state index contributed by atoms with van der Waals surface area (Å²) in [5, 5.41) is 13.4. The van der Waals surface area contributed by atoms with Gasteiger partial charge < -0.3 is 10.1 Å².